The molecule has 14 heteroatoms. The molecule has 1 atom stereocenters. The first-order valence-corrected chi connectivity index (χ1v) is 12.0. The van der Waals surface area contributed by atoms with Crippen LogP contribution in [-0.2, 0) is 4.79 Å². The van der Waals surface area contributed by atoms with Gasteiger partial charge in [-0.05, 0) is 44.3 Å². The Morgan fingerprint density at radius 1 is 1.34 bits per heavy atom. The number of carbonyl (C=O) groups is 1. The number of fused-ring (bicyclic) bond motifs is 1. The van der Waals surface area contributed by atoms with Crippen LogP contribution in [0.2, 0.25) is 0 Å². The maximum absolute atomic E-state index is 15.0. The smallest absolute Gasteiger partial charge is 0.285 e. The molecule has 0 aliphatic carbocycles. The fourth-order valence-corrected chi connectivity index (χ4v) is 4.41. The van der Waals surface area contributed by atoms with Gasteiger partial charge in [-0.15, -0.1) is 5.10 Å². The number of ether oxygens (including phenoxy) is 1. The number of nitrogens with one attached hydrogen (secondary N) is 3. The van der Waals surface area contributed by atoms with Gasteiger partial charge in [0, 0.05) is 24.8 Å². The second kappa shape index (κ2) is 11.2. The van der Waals surface area contributed by atoms with Gasteiger partial charge < -0.3 is 25.2 Å². The molecule has 1 aliphatic rings. The number of carbonyl (C=O) groups excluding carboxylic acids is 1. The molecule has 204 valence electrons. The lowest BCUT2D eigenvalue weighted by Gasteiger charge is -2.38. The molecule has 0 spiro atoms. The van der Waals surface area contributed by atoms with E-state index in [1.54, 1.807) is 49.5 Å². The largest absolute Gasteiger partial charge is 0.479 e. The molecular weight excluding hydrogens is 503 g/mol. The van der Waals surface area contributed by atoms with Crippen LogP contribution in [0.25, 0.3) is 16.6 Å². The summed E-state index contributed by atoms with van der Waals surface area (Å²) in [4.78, 5) is 19.4. The van der Waals surface area contributed by atoms with Crippen molar-refractivity contribution in [1.29, 1.82) is 5.53 Å². The molecular formula is C24H30F3N9O2. The van der Waals surface area contributed by atoms with E-state index in [1.807, 2.05) is 0 Å². The number of likely N-dealkylation sites (N-methyl/N-ethyl adjacent to an activating group) is 1. The summed E-state index contributed by atoms with van der Waals surface area (Å²) in [6.45, 7) is -0.957. The number of rotatable bonds is 10. The summed E-state index contributed by atoms with van der Waals surface area (Å²) < 4.78 is 49.7. The van der Waals surface area contributed by atoms with Crippen LogP contribution in [0.1, 0.15) is 6.42 Å². The maximum Gasteiger partial charge on any atom is 0.285 e. The molecule has 0 saturated carbocycles. The fourth-order valence-electron chi connectivity index (χ4n) is 4.41. The zero-order valence-electron chi connectivity index (χ0n) is 21.3. The summed E-state index contributed by atoms with van der Waals surface area (Å²) >= 11 is 0. The van der Waals surface area contributed by atoms with Crippen LogP contribution in [0, 0.1) is 5.53 Å². The third kappa shape index (κ3) is 5.64. The van der Waals surface area contributed by atoms with E-state index in [0.29, 0.717) is 28.0 Å². The minimum Gasteiger partial charge on any atom is -0.479 e. The van der Waals surface area contributed by atoms with Crippen molar-refractivity contribution >= 4 is 28.7 Å². The standard InChI is InChI=1S/C24H30F3N9O2/c1-34(2)13-20(37)35-10-7-19(24(26,27)14-35)30-23-31-22(38-3)21-16(6-11-36(21)33-23)15-4-5-17(32-28)18(12-15)29-9-8-25/h4-6,11-12,19,28-29H,7-10,13-14H2,1-3H3,(H,30,33)/t19-/m1/s1. The second-order valence-electron chi connectivity index (χ2n) is 9.23. The van der Waals surface area contributed by atoms with Crippen molar-refractivity contribution in [2.24, 2.45) is 5.11 Å². The van der Waals surface area contributed by atoms with Crippen molar-refractivity contribution in [2.45, 2.75) is 18.4 Å². The molecule has 0 radical (unpaired) electrons. The Morgan fingerprint density at radius 2 is 2.13 bits per heavy atom. The van der Waals surface area contributed by atoms with Crippen molar-refractivity contribution in [1.82, 2.24) is 24.4 Å². The van der Waals surface area contributed by atoms with Crippen LogP contribution in [0.3, 0.4) is 0 Å². The number of aromatic nitrogens is 3. The Labute approximate surface area is 217 Å². The highest BCUT2D eigenvalue weighted by Gasteiger charge is 2.46. The zero-order chi connectivity index (χ0) is 27.4. The first-order valence-electron chi connectivity index (χ1n) is 12.0. The SMILES string of the molecule is COc1nc(N[C@@H]2CCN(C(=O)CN(C)C)CC2(F)F)nn2ccc(-c3ccc(N=N)c(NCCF)c3)c12. The first kappa shape index (κ1) is 27.1. The molecule has 3 heterocycles. The van der Waals surface area contributed by atoms with Gasteiger partial charge in [-0.3, -0.25) is 4.79 Å². The van der Waals surface area contributed by atoms with Gasteiger partial charge in [0.2, 0.25) is 17.7 Å². The number of benzene rings is 1. The average Bonchev–Trinajstić information content (AvgIpc) is 3.31. The van der Waals surface area contributed by atoms with Crippen LogP contribution in [0.15, 0.2) is 35.6 Å². The van der Waals surface area contributed by atoms with Crippen LogP contribution in [-0.4, -0.2) is 96.3 Å². The molecule has 1 saturated heterocycles. The van der Waals surface area contributed by atoms with Gasteiger partial charge in [0.05, 0.1) is 31.9 Å². The van der Waals surface area contributed by atoms with Gasteiger partial charge >= 0.3 is 0 Å². The summed E-state index contributed by atoms with van der Waals surface area (Å²) in [5, 5.41) is 13.5. The number of hydrogen-bond acceptors (Lipinski definition) is 9. The van der Waals surface area contributed by atoms with E-state index in [-0.39, 0.29) is 43.8 Å². The molecule has 38 heavy (non-hydrogen) atoms. The predicted molar refractivity (Wildman–Crippen MR) is 136 cm³/mol. The Hall–Kier alpha value is -3.94. The van der Waals surface area contributed by atoms with Crippen LogP contribution >= 0.6 is 0 Å². The number of likely N-dealkylation sites (tertiary alicyclic amines) is 1. The highest BCUT2D eigenvalue weighted by molar-refractivity contribution is 5.87. The van der Waals surface area contributed by atoms with Crippen molar-refractivity contribution in [3.8, 4) is 17.0 Å². The third-order valence-electron chi connectivity index (χ3n) is 6.22. The van der Waals surface area contributed by atoms with Crippen molar-refractivity contribution in [3.05, 3.63) is 30.5 Å². The molecule has 1 fully saturated rings. The summed E-state index contributed by atoms with van der Waals surface area (Å²) in [5.74, 6) is -3.42. The topological polar surface area (TPSA) is 123 Å². The van der Waals surface area contributed by atoms with E-state index >= 15 is 0 Å². The second-order valence-corrected chi connectivity index (χ2v) is 9.23. The number of methoxy groups -OCH3 is 1. The monoisotopic (exact) mass is 533 g/mol. The van der Waals surface area contributed by atoms with E-state index in [1.165, 1.54) is 16.5 Å². The zero-order valence-corrected chi connectivity index (χ0v) is 21.3. The summed E-state index contributed by atoms with van der Waals surface area (Å²) in [6.07, 6.45) is 1.67. The average molecular weight is 534 g/mol. The maximum atomic E-state index is 15.0. The molecule has 1 aliphatic heterocycles. The normalized spacial score (nSPS) is 17.0. The van der Waals surface area contributed by atoms with Crippen LogP contribution < -0.4 is 15.4 Å². The number of halogens is 3. The minimum absolute atomic E-state index is 0.0227. The number of amides is 1. The number of anilines is 2. The number of nitrogens with zero attached hydrogens (tertiary/aromatic N) is 6. The summed E-state index contributed by atoms with van der Waals surface area (Å²) in [7, 11) is 4.84. The van der Waals surface area contributed by atoms with Crippen molar-refractivity contribution in [2.75, 3.05) is 64.7 Å². The first-order chi connectivity index (χ1) is 18.2. The van der Waals surface area contributed by atoms with Gasteiger partial charge in [-0.1, -0.05) is 6.07 Å². The molecule has 3 N–H and O–H groups in total. The molecule has 1 aromatic carbocycles. The molecule has 3 aromatic rings. The van der Waals surface area contributed by atoms with E-state index in [9.17, 15) is 18.0 Å². The molecule has 1 amide bonds. The number of piperidine rings is 1. The Morgan fingerprint density at radius 3 is 2.79 bits per heavy atom. The molecule has 0 bridgehead atoms. The number of alkyl halides is 3. The van der Waals surface area contributed by atoms with Gasteiger partial charge in [-0.25, -0.2) is 23.2 Å². The van der Waals surface area contributed by atoms with Gasteiger partial charge in [0.15, 0.2) is 0 Å². The van der Waals surface area contributed by atoms with E-state index in [2.05, 4.69) is 25.8 Å². The van der Waals surface area contributed by atoms with Crippen LogP contribution in [0.5, 0.6) is 5.88 Å². The Kier molecular flexibility index (Phi) is 7.99. The molecule has 11 nitrogen and oxygen atoms in total. The summed E-state index contributed by atoms with van der Waals surface area (Å²) in [5.41, 5.74) is 10.1. The molecule has 4 rings (SSSR count). The summed E-state index contributed by atoms with van der Waals surface area (Å²) in [6, 6.07) is 5.61. The van der Waals surface area contributed by atoms with E-state index < -0.39 is 25.2 Å². The fraction of sp³-hybridized carbons (Fsp3) is 0.458. The van der Waals surface area contributed by atoms with Gasteiger partial charge in [0.25, 0.3) is 5.92 Å². The Bertz CT molecular complexity index is 1310. The highest BCUT2D eigenvalue weighted by Crippen LogP contribution is 2.36. The third-order valence-corrected chi connectivity index (χ3v) is 6.22. The Balaban J connectivity index is 1.60. The lowest BCUT2D eigenvalue weighted by Crippen LogP contribution is -2.57. The lowest BCUT2D eigenvalue weighted by atomic mass is 10.0. The van der Waals surface area contributed by atoms with E-state index in [0.717, 1.165) is 0 Å². The quantitative estimate of drug-likeness (QED) is 0.340. The minimum atomic E-state index is -3.19. The van der Waals surface area contributed by atoms with Gasteiger partial charge in [-0.2, -0.15) is 10.1 Å². The van der Waals surface area contributed by atoms with E-state index in [4.69, 9.17) is 10.3 Å². The lowest BCUT2D eigenvalue weighted by molar-refractivity contribution is -0.143. The highest BCUT2D eigenvalue weighted by atomic mass is 19.3. The predicted octanol–water partition coefficient (Wildman–Crippen LogP) is 3.66. The number of hydrogen-bond donors (Lipinski definition) is 3. The van der Waals surface area contributed by atoms with Crippen LogP contribution in [0.4, 0.5) is 30.5 Å². The van der Waals surface area contributed by atoms with Crippen molar-refractivity contribution < 1.29 is 22.7 Å². The molecule has 0 unspecified atom stereocenters. The van der Waals surface area contributed by atoms with Gasteiger partial charge in [0.1, 0.15) is 17.9 Å². The molecule has 2 aromatic heterocycles. The van der Waals surface area contributed by atoms with Crippen molar-refractivity contribution in [3.63, 3.8) is 0 Å².